The number of hydrogen-bond acceptors (Lipinski definition) is 3. The summed E-state index contributed by atoms with van der Waals surface area (Å²) in [4.78, 5) is 14.3. The molecule has 24 heavy (non-hydrogen) atoms. The second kappa shape index (κ2) is 7.00. The Bertz CT molecular complexity index is 782. The number of rotatable bonds is 4. The van der Waals surface area contributed by atoms with Gasteiger partial charge in [0, 0.05) is 5.69 Å². The van der Waals surface area contributed by atoms with E-state index in [1.807, 2.05) is 60.7 Å². The highest BCUT2D eigenvalue weighted by atomic mass is 16.6. The van der Waals surface area contributed by atoms with Crippen LogP contribution < -0.4 is 4.90 Å². The van der Waals surface area contributed by atoms with E-state index < -0.39 is 11.9 Å². The summed E-state index contributed by atoms with van der Waals surface area (Å²) < 4.78 is 10.8. The number of aliphatic hydroxyl groups is 1. The molecule has 1 N–H and O–H groups in total. The second-order valence-corrected chi connectivity index (χ2v) is 5.19. The van der Waals surface area contributed by atoms with Crippen LogP contribution in [-0.4, -0.2) is 29.9 Å². The van der Waals surface area contributed by atoms with Gasteiger partial charge in [0.25, 0.3) is 0 Å². The molecule has 0 saturated heterocycles. The minimum atomic E-state index is -0.503. The molecular weight excluding hydrogens is 306 g/mol. The number of para-hydroxylation sites is 1. The number of carbonyl (C=O) groups excluding carboxylic acids is 2. The van der Waals surface area contributed by atoms with Crippen LogP contribution in [-0.2, 0) is 9.53 Å². The number of amides is 1. The molecule has 0 aliphatic carbocycles. The Morgan fingerprint density at radius 2 is 1.75 bits per heavy atom. The van der Waals surface area contributed by atoms with Crippen molar-refractivity contribution in [3.8, 4) is 0 Å². The number of hydrogen-bond donors (Lipinski definition) is 1. The lowest BCUT2D eigenvalue weighted by Gasteiger charge is -2.21. The molecular formula is C19H18NO4+. The number of benzene rings is 2. The lowest BCUT2D eigenvalue weighted by Crippen LogP contribution is -2.41. The highest BCUT2D eigenvalue weighted by Gasteiger charge is 2.42. The third kappa shape index (κ3) is 3.15. The Balaban J connectivity index is 2.08. The van der Waals surface area contributed by atoms with E-state index in [1.54, 1.807) is 11.8 Å². The Morgan fingerprint density at radius 3 is 2.38 bits per heavy atom. The van der Waals surface area contributed by atoms with Crippen LogP contribution in [0.2, 0.25) is 0 Å². The predicted octanol–water partition coefficient (Wildman–Crippen LogP) is 3.22. The molecule has 2 aromatic rings. The minimum Gasteiger partial charge on any atom is -0.474 e. The third-order valence-corrected chi connectivity index (χ3v) is 3.61. The van der Waals surface area contributed by atoms with Crippen LogP contribution in [0.25, 0.3) is 0 Å². The van der Waals surface area contributed by atoms with E-state index in [-0.39, 0.29) is 18.9 Å². The molecule has 1 heterocycles. The molecule has 1 amide bonds. The molecule has 5 heteroatoms. The van der Waals surface area contributed by atoms with E-state index >= 15 is 0 Å². The van der Waals surface area contributed by atoms with Crippen LogP contribution in [0, 0.1) is 0 Å². The highest BCUT2D eigenvalue weighted by molar-refractivity contribution is 6.13. The summed E-state index contributed by atoms with van der Waals surface area (Å²) in [6.07, 6.45) is 0. The molecule has 0 spiro atoms. The minimum absolute atomic E-state index is 0.203. The molecule has 0 unspecified atom stereocenters. The third-order valence-electron chi connectivity index (χ3n) is 3.61. The molecule has 122 valence electrons. The molecule has 0 radical (unpaired) electrons. The van der Waals surface area contributed by atoms with Crippen LogP contribution in [0.1, 0.15) is 16.9 Å². The summed E-state index contributed by atoms with van der Waals surface area (Å²) in [6.45, 7) is 2.23. The normalized spacial score (nSPS) is 16.6. The van der Waals surface area contributed by atoms with Crippen molar-refractivity contribution in [2.24, 2.45) is 0 Å². The maximum Gasteiger partial charge on any atom is 0.496 e. The van der Waals surface area contributed by atoms with E-state index in [0.29, 0.717) is 5.78 Å². The Hall–Kier alpha value is -3.08. The van der Waals surface area contributed by atoms with Crippen molar-refractivity contribution in [3.05, 3.63) is 77.9 Å². The summed E-state index contributed by atoms with van der Waals surface area (Å²) in [6, 6.07) is 18.7. The van der Waals surface area contributed by atoms with Gasteiger partial charge < -0.3 is 9.84 Å². The number of nitrogens with zero attached hydrogens (tertiary/aromatic N) is 1. The van der Waals surface area contributed by atoms with Gasteiger partial charge in [-0.1, -0.05) is 36.4 Å². The fourth-order valence-corrected chi connectivity index (χ4v) is 2.47. The monoisotopic (exact) mass is 324 g/mol. The maximum absolute atomic E-state index is 12.7. The van der Waals surface area contributed by atoms with E-state index in [2.05, 4.69) is 0 Å². The van der Waals surface area contributed by atoms with Gasteiger partial charge in [-0.2, -0.15) is 4.42 Å². The molecule has 0 atom stereocenters. The topological polar surface area (TPSA) is 61.1 Å². The average molecular weight is 324 g/mol. The largest absolute Gasteiger partial charge is 0.496 e. The zero-order valence-electron chi connectivity index (χ0n) is 13.3. The fraction of sp³-hybridized carbons (Fsp3) is 0.158. The standard InChI is InChI=1S/C19H17NO4/c1-2-23-19(22)17-18(21)20(15-11-7-4-8-12-15)13-16(24-17)14-9-5-3-6-10-14/h3-12H,2,13H2,1H3/p+1. The fourth-order valence-electron chi connectivity index (χ4n) is 2.47. The molecule has 1 aliphatic heterocycles. The lowest BCUT2D eigenvalue weighted by molar-refractivity contribution is -0.222. The van der Waals surface area contributed by atoms with Gasteiger partial charge >= 0.3 is 23.4 Å². The van der Waals surface area contributed by atoms with Gasteiger partial charge in [-0.25, -0.2) is 0 Å². The highest BCUT2D eigenvalue weighted by Crippen LogP contribution is 2.23. The lowest BCUT2D eigenvalue weighted by atomic mass is 10.1. The molecule has 0 bridgehead atoms. The van der Waals surface area contributed by atoms with Crippen LogP contribution >= 0.6 is 0 Å². The quantitative estimate of drug-likeness (QED) is 0.534. The zero-order chi connectivity index (χ0) is 16.9. The Morgan fingerprint density at radius 1 is 1.12 bits per heavy atom. The molecule has 0 fully saturated rings. The van der Waals surface area contributed by atoms with Gasteiger partial charge in [0.05, 0.1) is 12.2 Å². The van der Waals surface area contributed by atoms with Gasteiger partial charge in [-0.15, -0.1) is 0 Å². The number of aliphatic hydroxyl groups excluding tert-OH is 1. The zero-order valence-corrected chi connectivity index (χ0v) is 13.3. The van der Waals surface area contributed by atoms with Crippen LogP contribution in [0.15, 0.2) is 72.4 Å². The van der Waals surface area contributed by atoms with Gasteiger partial charge in [0.1, 0.15) is 6.54 Å². The van der Waals surface area contributed by atoms with Gasteiger partial charge in [-0.05, 0) is 31.2 Å². The first-order chi connectivity index (χ1) is 11.7. The summed E-state index contributed by atoms with van der Waals surface area (Å²) in [5.74, 6) is -0.575. The molecule has 3 rings (SSSR count). The first-order valence-electron chi connectivity index (χ1n) is 7.72. The molecule has 0 aromatic heterocycles. The second-order valence-electron chi connectivity index (χ2n) is 5.19. The summed E-state index contributed by atoms with van der Waals surface area (Å²) in [7, 11) is 0. The predicted molar refractivity (Wildman–Crippen MR) is 90.8 cm³/mol. The van der Waals surface area contributed by atoms with Crippen molar-refractivity contribution in [1.29, 1.82) is 0 Å². The summed E-state index contributed by atoms with van der Waals surface area (Å²) in [5, 5.41) is 10.0. The number of anilines is 1. The van der Waals surface area contributed by atoms with Crippen molar-refractivity contribution >= 4 is 17.4 Å². The van der Waals surface area contributed by atoms with Crippen LogP contribution in [0.4, 0.5) is 5.69 Å². The average Bonchev–Trinajstić information content (AvgIpc) is 2.63. The summed E-state index contributed by atoms with van der Waals surface area (Å²) in [5.41, 5.74) is 1.56. The van der Waals surface area contributed by atoms with E-state index in [0.717, 1.165) is 11.3 Å². The smallest absolute Gasteiger partial charge is 0.474 e. The molecule has 2 aromatic carbocycles. The number of ketones is 1. The van der Waals surface area contributed by atoms with Crippen molar-refractivity contribution in [1.82, 2.24) is 0 Å². The summed E-state index contributed by atoms with van der Waals surface area (Å²) >= 11 is 0. The van der Waals surface area contributed by atoms with Crippen molar-refractivity contribution in [2.45, 2.75) is 6.92 Å². The molecule has 5 nitrogen and oxygen atoms in total. The first kappa shape index (κ1) is 15.8. The Labute approximate surface area is 140 Å². The van der Waals surface area contributed by atoms with E-state index in [9.17, 15) is 9.90 Å². The van der Waals surface area contributed by atoms with Gasteiger partial charge in [0.2, 0.25) is 0 Å². The van der Waals surface area contributed by atoms with Crippen molar-refractivity contribution < 1.29 is 19.1 Å². The molecule has 1 aliphatic rings. The number of carbonyl (C=O) groups is 1. The number of ether oxygens (including phenoxy) is 1. The maximum atomic E-state index is 12.7. The first-order valence-corrected chi connectivity index (χ1v) is 7.72. The van der Waals surface area contributed by atoms with E-state index in [4.69, 9.17) is 9.16 Å². The van der Waals surface area contributed by atoms with Crippen molar-refractivity contribution in [3.63, 3.8) is 0 Å². The molecule has 0 saturated carbocycles. The Kier molecular flexibility index (Phi) is 4.61. The van der Waals surface area contributed by atoms with Gasteiger partial charge in [0.15, 0.2) is 0 Å². The van der Waals surface area contributed by atoms with Crippen LogP contribution in [0.3, 0.4) is 0 Å². The van der Waals surface area contributed by atoms with Crippen LogP contribution in [0.5, 0.6) is 0 Å². The SMILES string of the molecule is CCO/C(O)=C1\[O+]=C(c2ccccc2)CN(c2ccccc2)C1=O. The van der Waals surface area contributed by atoms with E-state index in [1.165, 1.54) is 0 Å². The van der Waals surface area contributed by atoms with Gasteiger partial charge in [-0.3, -0.25) is 9.69 Å². The van der Waals surface area contributed by atoms with Crippen molar-refractivity contribution in [2.75, 3.05) is 18.1 Å².